The first-order chi connectivity index (χ1) is 12.9. The van der Waals surface area contributed by atoms with Crippen LogP contribution in [0.3, 0.4) is 0 Å². The van der Waals surface area contributed by atoms with E-state index in [1.165, 1.54) is 12.1 Å². The third-order valence-corrected chi connectivity index (χ3v) is 4.69. The van der Waals surface area contributed by atoms with Gasteiger partial charge < -0.3 is 19.7 Å². The van der Waals surface area contributed by atoms with Gasteiger partial charge in [0, 0.05) is 26.2 Å². The van der Waals surface area contributed by atoms with Crippen LogP contribution in [0.4, 0.5) is 18.0 Å². The molecule has 3 rings (SSSR count). The van der Waals surface area contributed by atoms with Crippen LogP contribution in [0.2, 0.25) is 0 Å². The molecule has 0 radical (unpaired) electrons. The van der Waals surface area contributed by atoms with Gasteiger partial charge in [0.25, 0.3) is 5.92 Å². The quantitative estimate of drug-likeness (QED) is 0.857. The van der Waals surface area contributed by atoms with Crippen molar-refractivity contribution in [1.29, 1.82) is 0 Å². The molecule has 1 N–H and O–H groups in total. The number of benzene rings is 1. The maximum Gasteiger partial charge on any atom is 0.317 e. The average molecular weight is 387 g/mol. The number of nitrogens with one attached hydrogen (secondary N) is 1. The Balaban J connectivity index is 1.67. The van der Waals surface area contributed by atoms with Crippen molar-refractivity contribution in [3.05, 3.63) is 35.6 Å². The molecule has 1 aromatic rings. The third-order valence-electron chi connectivity index (χ3n) is 4.69. The molecule has 1 aromatic carbocycles. The fraction of sp³-hybridized carbons (Fsp3) is 0.611. The van der Waals surface area contributed by atoms with Gasteiger partial charge in [-0.15, -0.1) is 0 Å². The van der Waals surface area contributed by atoms with Gasteiger partial charge in [-0.25, -0.2) is 18.0 Å². The van der Waals surface area contributed by atoms with Crippen molar-refractivity contribution in [2.45, 2.75) is 12.0 Å². The topological polar surface area (TPSA) is 54.0 Å². The Morgan fingerprint density at radius 3 is 2.67 bits per heavy atom. The molecule has 9 heteroatoms. The summed E-state index contributed by atoms with van der Waals surface area (Å²) < 4.78 is 51.2. The molecule has 0 aliphatic carbocycles. The largest absolute Gasteiger partial charge is 0.379 e. The number of hydrogen-bond acceptors (Lipinski definition) is 4. The predicted molar refractivity (Wildman–Crippen MR) is 92.3 cm³/mol. The number of rotatable bonds is 4. The normalized spacial score (nSPS) is 22.1. The second kappa shape index (κ2) is 8.90. The average Bonchev–Trinajstić information content (AvgIpc) is 2.83. The highest BCUT2D eigenvalue weighted by atomic mass is 19.3. The third kappa shape index (κ3) is 5.57. The Morgan fingerprint density at radius 1 is 1.19 bits per heavy atom. The van der Waals surface area contributed by atoms with Crippen LogP contribution in [0.5, 0.6) is 0 Å². The van der Waals surface area contributed by atoms with Crippen LogP contribution < -0.4 is 5.32 Å². The highest BCUT2D eigenvalue weighted by Gasteiger charge is 2.36. The van der Waals surface area contributed by atoms with Crippen LogP contribution in [0.1, 0.15) is 11.6 Å². The number of morpholine rings is 1. The SMILES string of the molecule is O=C(NC[C@@H](c1cccc(F)c1)N1CCOCC1)N1CCOCC(F)(F)C1. The number of urea groups is 1. The van der Waals surface area contributed by atoms with Crippen LogP contribution in [0, 0.1) is 5.82 Å². The zero-order valence-electron chi connectivity index (χ0n) is 15.0. The number of halogens is 3. The number of ether oxygens (including phenoxy) is 2. The lowest BCUT2D eigenvalue weighted by atomic mass is 10.0. The summed E-state index contributed by atoms with van der Waals surface area (Å²) in [6, 6.07) is 5.36. The van der Waals surface area contributed by atoms with Crippen LogP contribution >= 0.6 is 0 Å². The van der Waals surface area contributed by atoms with Gasteiger partial charge in [0.15, 0.2) is 0 Å². The summed E-state index contributed by atoms with van der Waals surface area (Å²) in [5.74, 6) is -3.43. The van der Waals surface area contributed by atoms with Gasteiger partial charge in [0.1, 0.15) is 12.4 Å². The van der Waals surface area contributed by atoms with E-state index in [1.807, 2.05) is 0 Å². The highest BCUT2D eigenvalue weighted by Crippen LogP contribution is 2.23. The summed E-state index contributed by atoms with van der Waals surface area (Å²) in [4.78, 5) is 15.6. The molecular weight excluding hydrogens is 363 g/mol. The molecule has 0 saturated carbocycles. The van der Waals surface area contributed by atoms with Crippen molar-refractivity contribution in [3.63, 3.8) is 0 Å². The van der Waals surface area contributed by atoms with E-state index in [1.54, 1.807) is 12.1 Å². The maximum atomic E-state index is 13.7. The van der Waals surface area contributed by atoms with Crippen molar-refractivity contribution < 1.29 is 27.4 Å². The minimum Gasteiger partial charge on any atom is -0.379 e. The highest BCUT2D eigenvalue weighted by molar-refractivity contribution is 5.74. The van der Waals surface area contributed by atoms with E-state index in [4.69, 9.17) is 9.47 Å². The molecule has 0 unspecified atom stereocenters. The van der Waals surface area contributed by atoms with E-state index in [0.29, 0.717) is 26.3 Å². The molecule has 0 aromatic heterocycles. The van der Waals surface area contributed by atoms with Crippen molar-refractivity contribution in [1.82, 2.24) is 15.1 Å². The fourth-order valence-corrected chi connectivity index (χ4v) is 3.33. The number of alkyl halides is 2. The van der Waals surface area contributed by atoms with Crippen LogP contribution in [-0.4, -0.2) is 80.9 Å². The van der Waals surface area contributed by atoms with Crippen LogP contribution in [0.15, 0.2) is 24.3 Å². The van der Waals surface area contributed by atoms with Gasteiger partial charge in [-0.05, 0) is 17.7 Å². The zero-order chi connectivity index (χ0) is 19.3. The van der Waals surface area contributed by atoms with E-state index in [9.17, 15) is 18.0 Å². The molecule has 2 saturated heterocycles. The summed E-state index contributed by atoms with van der Waals surface area (Å²) in [6.45, 7) is 1.39. The van der Waals surface area contributed by atoms with E-state index >= 15 is 0 Å². The molecule has 2 aliphatic heterocycles. The molecule has 2 aliphatic rings. The van der Waals surface area contributed by atoms with Gasteiger partial charge in [0.05, 0.1) is 32.4 Å². The van der Waals surface area contributed by atoms with E-state index in [0.717, 1.165) is 10.5 Å². The summed E-state index contributed by atoms with van der Waals surface area (Å²) in [7, 11) is 0. The Labute approximate surface area is 156 Å². The lowest BCUT2D eigenvalue weighted by Gasteiger charge is -2.35. The Hall–Kier alpha value is -1.84. The Kier molecular flexibility index (Phi) is 6.56. The lowest BCUT2D eigenvalue weighted by Crippen LogP contribution is -2.49. The maximum absolute atomic E-state index is 13.7. The van der Waals surface area contributed by atoms with Gasteiger partial charge in [-0.3, -0.25) is 4.90 Å². The first kappa shape index (κ1) is 19.9. The van der Waals surface area contributed by atoms with Gasteiger partial charge >= 0.3 is 6.03 Å². The molecule has 2 fully saturated rings. The van der Waals surface area contributed by atoms with E-state index in [2.05, 4.69) is 10.2 Å². The molecule has 0 spiro atoms. The summed E-state index contributed by atoms with van der Waals surface area (Å²) in [6.07, 6.45) is 0. The van der Waals surface area contributed by atoms with Gasteiger partial charge in [-0.1, -0.05) is 12.1 Å². The molecular formula is C18H24F3N3O3. The molecule has 2 amide bonds. The Morgan fingerprint density at radius 2 is 1.93 bits per heavy atom. The van der Waals surface area contributed by atoms with Crippen molar-refractivity contribution in [2.24, 2.45) is 0 Å². The van der Waals surface area contributed by atoms with Crippen LogP contribution in [0.25, 0.3) is 0 Å². The summed E-state index contributed by atoms with van der Waals surface area (Å²) in [5, 5.41) is 2.73. The second-order valence-corrected chi connectivity index (χ2v) is 6.74. The standard InChI is InChI=1S/C18H24F3N3O3/c19-15-3-1-2-14(10-15)16(23-4-7-26-8-5-23)11-22-17(25)24-6-9-27-13-18(20,21)12-24/h1-3,10,16H,4-9,11-13H2,(H,22,25)/t16-/m0/s1. The smallest absolute Gasteiger partial charge is 0.317 e. The number of hydrogen-bond donors (Lipinski definition) is 1. The summed E-state index contributed by atoms with van der Waals surface area (Å²) >= 11 is 0. The molecule has 150 valence electrons. The van der Waals surface area contributed by atoms with Crippen molar-refractivity contribution in [2.75, 3.05) is 59.2 Å². The number of carbonyl (C=O) groups is 1. The first-order valence-electron chi connectivity index (χ1n) is 9.00. The van der Waals surface area contributed by atoms with Crippen LogP contribution in [-0.2, 0) is 9.47 Å². The number of amides is 2. The lowest BCUT2D eigenvalue weighted by molar-refractivity contribution is -0.0652. The fourth-order valence-electron chi connectivity index (χ4n) is 3.33. The molecule has 1 atom stereocenters. The number of carbonyl (C=O) groups excluding carboxylic acids is 1. The second-order valence-electron chi connectivity index (χ2n) is 6.74. The predicted octanol–water partition coefficient (Wildman–Crippen LogP) is 1.88. The minimum atomic E-state index is -3.07. The first-order valence-corrected chi connectivity index (χ1v) is 9.00. The molecule has 0 bridgehead atoms. The van der Waals surface area contributed by atoms with Crippen molar-refractivity contribution >= 4 is 6.03 Å². The van der Waals surface area contributed by atoms with Crippen molar-refractivity contribution in [3.8, 4) is 0 Å². The Bertz CT molecular complexity index is 641. The molecule has 2 heterocycles. The minimum absolute atomic E-state index is 0.0692. The van der Waals surface area contributed by atoms with E-state index in [-0.39, 0.29) is 31.6 Å². The molecule has 27 heavy (non-hydrogen) atoms. The van der Waals surface area contributed by atoms with Gasteiger partial charge in [0.2, 0.25) is 0 Å². The zero-order valence-corrected chi connectivity index (χ0v) is 15.0. The van der Waals surface area contributed by atoms with Gasteiger partial charge in [-0.2, -0.15) is 0 Å². The van der Waals surface area contributed by atoms with E-state index < -0.39 is 25.1 Å². The number of nitrogens with zero attached hydrogens (tertiary/aromatic N) is 2. The molecule has 6 nitrogen and oxygen atoms in total. The summed E-state index contributed by atoms with van der Waals surface area (Å²) in [5.41, 5.74) is 0.724. The monoisotopic (exact) mass is 387 g/mol.